The number of aliphatic hydroxyl groups is 2. The first-order valence-corrected chi connectivity index (χ1v) is 10.9. The Bertz CT molecular complexity index is 1180. The molecule has 0 spiro atoms. The first-order valence-electron chi connectivity index (χ1n) is 9.36. The third-order valence-electron chi connectivity index (χ3n) is 4.44. The van der Waals surface area contributed by atoms with Crippen LogP contribution in [0, 0.1) is 0 Å². The third-order valence-corrected chi connectivity index (χ3v) is 6.17. The Morgan fingerprint density at radius 3 is 2.45 bits per heavy atom. The molecule has 0 aliphatic rings. The van der Waals surface area contributed by atoms with Crippen molar-refractivity contribution >= 4 is 62.2 Å². The molecule has 3 aromatic heterocycles. The number of anilines is 3. The lowest BCUT2D eigenvalue weighted by Gasteiger charge is -2.21. The highest BCUT2D eigenvalue weighted by Crippen LogP contribution is 2.40. The lowest BCUT2D eigenvalue weighted by atomic mass is 10.2. The van der Waals surface area contributed by atoms with E-state index in [1.54, 1.807) is 35.4 Å². The Kier molecular flexibility index (Phi) is 6.79. The van der Waals surface area contributed by atoms with Gasteiger partial charge in [-0.2, -0.15) is 0 Å². The van der Waals surface area contributed by atoms with Crippen molar-refractivity contribution in [2.75, 3.05) is 36.5 Å². The molecule has 4 aromatic rings. The monoisotopic (exact) mass is 476 g/mol. The molecule has 11 heteroatoms. The molecule has 0 radical (unpaired) electrons. The molecule has 0 aliphatic heterocycles. The first kappa shape index (κ1) is 21.7. The molecule has 31 heavy (non-hydrogen) atoms. The van der Waals surface area contributed by atoms with Gasteiger partial charge in [0.05, 0.1) is 33.5 Å². The van der Waals surface area contributed by atoms with E-state index >= 15 is 0 Å². The van der Waals surface area contributed by atoms with Crippen LogP contribution in [0.1, 0.15) is 0 Å². The summed E-state index contributed by atoms with van der Waals surface area (Å²) in [5, 5.41) is 23.5. The molecular formula is C20H18Cl2N6O2S. The van der Waals surface area contributed by atoms with E-state index in [0.717, 1.165) is 10.2 Å². The molecule has 0 saturated heterocycles. The Balaban J connectivity index is 1.68. The maximum absolute atomic E-state index is 9.27. The number of nitrogens with zero attached hydrogens (tertiary/aromatic N) is 5. The summed E-state index contributed by atoms with van der Waals surface area (Å²) in [5.74, 6) is 1.70. The maximum atomic E-state index is 9.27. The predicted octanol–water partition coefficient (Wildman–Crippen LogP) is 3.99. The van der Waals surface area contributed by atoms with E-state index in [-0.39, 0.29) is 13.2 Å². The van der Waals surface area contributed by atoms with Crippen molar-refractivity contribution in [1.82, 2.24) is 19.9 Å². The summed E-state index contributed by atoms with van der Waals surface area (Å²) in [6, 6.07) is 8.90. The van der Waals surface area contributed by atoms with Crippen molar-refractivity contribution < 1.29 is 10.2 Å². The summed E-state index contributed by atoms with van der Waals surface area (Å²) in [7, 11) is 0. The highest BCUT2D eigenvalue weighted by molar-refractivity contribution is 7.22. The molecule has 0 fully saturated rings. The summed E-state index contributed by atoms with van der Waals surface area (Å²) in [6.07, 6.45) is 3.08. The lowest BCUT2D eigenvalue weighted by Crippen LogP contribution is -2.30. The number of hydrogen-bond donors (Lipinski definition) is 3. The van der Waals surface area contributed by atoms with Gasteiger partial charge in [-0.05, 0) is 18.2 Å². The van der Waals surface area contributed by atoms with E-state index in [1.807, 2.05) is 6.07 Å². The van der Waals surface area contributed by atoms with E-state index in [4.69, 9.17) is 23.2 Å². The lowest BCUT2D eigenvalue weighted by molar-refractivity contribution is 0.280. The molecular weight excluding hydrogens is 459 g/mol. The van der Waals surface area contributed by atoms with Gasteiger partial charge < -0.3 is 20.4 Å². The van der Waals surface area contributed by atoms with Crippen molar-refractivity contribution in [3.8, 4) is 10.6 Å². The average Bonchev–Trinajstić information content (AvgIpc) is 3.18. The molecule has 0 saturated carbocycles. The second-order valence-corrected chi connectivity index (χ2v) is 8.26. The van der Waals surface area contributed by atoms with Gasteiger partial charge in [-0.3, -0.25) is 0 Å². The number of aliphatic hydroxyl groups excluding tert-OH is 2. The third kappa shape index (κ3) is 4.70. The molecule has 1 aromatic carbocycles. The van der Waals surface area contributed by atoms with Gasteiger partial charge in [-0.15, -0.1) is 11.3 Å². The number of nitrogens with one attached hydrogen (secondary N) is 1. The zero-order valence-corrected chi connectivity index (χ0v) is 18.5. The predicted molar refractivity (Wildman–Crippen MR) is 125 cm³/mol. The molecule has 0 atom stereocenters. The van der Waals surface area contributed by atoms with Gasteiger partial charge in [0.15, 0.2) is 5.82 Å². The molecule has 0 unspecified atom stereocenters. The Hall–Kier alpha value is -2.56. The smallest absolute Gasteiger partial charge is 0.151 e. The second-order valence-electron chi connectivity index (χ2n) is 6.44. The summed E-state index contributed by atoms with van der Waals surface area (Å²) < 4.78 is 0.830. The number of rotatable bonds is 8. The standard InChI is InChI=1S/C20H18Cl2N6O2S/c21-12-2-1-3-13(22)17(12)20-26-14-4-5-23-19(18(14)31-20)27-15-10-16(25-11-24-15)28(6-8-29)7-9-30/h1-5,10-11,29-30H,6-9H2,(H,23,24,25,27). The van der Waals surface area contributed by atoms with Crippen LogP contribution in [-0.2, 0) is 0 Å². The molecule has 0 bridgehead atoms. The average molecular weight is 477 g/mol. The summed E-state index contributed by atoms with van der Waals surface area (Å²) in [5.41, 5.74) is 1.44. The van der Waals surface area contributed by atoms with E-state index in [2.05, 4.69) is 25.3 Å². The maximum Gasteiger partial charge on any atom is 0.151 e. The minimum absolute atomic E-state index is 0.0537. The van der Waals surface area contributed by atoms with Gasteiger partial charge in [0.25, 0.3) is 0 Å². The summed E-state index contributed by atoms with van der Waals surface area (Å²) >= 11 is 14.1. The number of thiazole rings is 1. The Morgan fingerprint density at radius 1 is 1.00 bits per heavy atom. The minimum atomic E-state index is -0.0537. The molecule has 8 nitrogen and oxygen atoms in total. The largest absolute Gasteiger partial charge is 0.395 e. The van der Waals surface area contributed by atoms with Crippen LogP contribution in [-0.4, -0.2) is 56.5 Å². The number of fused-ring (bicyclic) bond motifs is 1. The van der Waals surface area contributed by atoms with E-state index in [0.29, 0.717) is 51.2 Å². The Morgan fingerprint density at radius 2 is 1.74 bits per heavy atom. The number of halogens is 2. The zero-order valence-electron chi connectivity index (χ0n) is 16.2. The second kappa shape index (κ2) is 9.71. The number of pyridine rings is 1. The fraction of sp³-hybridized carbons (Fsp3) is 0.200. The van der Waals surface area contributed by atoms with Gasteiger partial charge in [-0.1, -0.05) is 29.3 Å². The van der Waals surface area contributed by atoms with E-state index in [1.165, 1.54) is 17.7 Å². The highest BCUT2D eigenvalue weighted by atomic mass is 35.5. The van der Waals surface area contributed by atoms with Crippen LogP contribution >= 0.6 is 34.5 Å². The van der Waals surface area contributed by atoms with Crippen LogP contribution in [0.3, 0.4) is 0 Å². The van der Waals surface area contributed by atoms with Gasteiger partial charge in [0.2, 0.25) is 0 Å². The first-order chi connectivity index (χ1) is 15.1. The van der Waals surface area contributed by atoms with Crippen molar-refractivity contribution in [3.63, 3.8) is 0 Å². The molecule has 0 aliphatic carbocycles. The molecule has 160 valence electrons. The van der Waals surface area contributed by atoms with Crippen LogP contribution in [0.25, 0.3) is 20.8 Å². The van der Waals surface area contributed by atoms with Crippen LogP contribution in [0.15, 0.2) is 42.9 Å². The van der Waals surface area contributed by atoms with Crippen molar-refractivity contribution in [1.29, 1.82) is 0 Å². The number of hydrogen-bond acceptors (Lipinski definition) is 9. The molecule has 0 amide bonds. The van der Waals surface area contributed by atoms with Gasteiger partial charge >= 0.3 is 0 Å². The molecule has 4 rings (SSSR count). The van der Waals surface area contributed by atoms with Gasteiger partial charge in [0.1, 0.15) is 23.0 Å². The Labute approximate surface area is 192 Å². The quantitative estimate of drug-likeness (QED) is 0.350. The van der Waals surface area contributed by atoms with E-state index < -0.39 is 0 Å². The molecule has 3 N–H and O–H groups in total. The highest BCUT2D eigenvalue weighted by Gasteiger charge is 2.16. The van der Waals surface area contributed by atoms with Crippen LogP contribution in [0.5, 0.6) is 0 Å². The topological polar surface area (TPSA) is 107 Å². The minimum Gasteiger partial charge on any atom is -0.395 e. The van der Waals surface area contributed by atoms with Gasteiger partial charge in [-0.25, -0.2) is 19.9 Å². The SMILES string of the molecule is OCCN(CCO)c1cc(Nc2nccc3nc(-c4c(Cl)cccc4Cl)sc23)ncn1. The van der Waals surface area contributed by atoms with Crippen molar-refractivity contribution in [3.05, 3.63) is 52.9 Å². The van der Waals surface area contributed by atoms with E-state index in [9.17, 15) is 10.2 Å². The number of benzene rings is 1. The van der Waals surface area contributed by atoms with Crippen molar-refractivity contribution in [2.24, 2.45) is 0 Å². The van der Waals surface area contributed by atoms with Crippen LogP contribution in [0.4, 0.5) is 17.5 Å². The van der Waals surface area contributed by atoms with Crippen molar-refractivity contribution in [2.45, 2.75) is 0 Å². The van der Waals surface area contributed by atoms with Crippen LogP contribution < -0.4 is 10.2 Å². The fourth-order valence-corrected chi connectivity index (χ4v) is 4.81. The summed E-state index contributed by atoms with van der Waals surface area (Å²) in [6.45, 7) is 0.590. The summed E-state index contributed by atoms with van der Waals surface area (Å²) in [4.78, 5) is 19.4. The van der Waals surface area contributed by atoms with Gasteiger partial charge in [0, 0.05) is 30.9 Å². The van der Waals surface area contributed by atoms with Crippen LogP contribution in [0.2, 0.25) is 10.0 Å². The normalized spacial score (nSPS) is 11.1. The molecule has 3 heterocycles. The fourth-order valence-electron chi connectivity index (χ4n) is 3.05. The number of aromatic nitrogens is 4. The zero-order chi connectivity index (χ0) is 21.8.